The lowest BCUT2D eigenvalue weighted by Crippen LogP contribution is -2.07. The van der Waals surface area contributed by atoms with E-state index >= 15 is 0 Å². The Morgan fingerprint density at radius 2 is 1.97 bits per heavy atom. The number of aromatic nitrogens is 2. The van der Waals surface area contributed by atoms with Crippen molar-refractivity contribution in [1.82, 2.24) is 9.97 Å². The molecule has 0 saturated heterocycles. The Labute approximate surface area is 179 Å². The van der Waals surface area contributed by atoms with Crippen LogP contribution in [0, 0.1) is 0 Å². The van der Waals surface area contributed by atoms with Gasteiger partial charge in [0.15, 0.2) is 5.69 Å². The molecule has 30 heavy (non-hydrogen) atoms. The predicted octanol–water partition coefficient (Wildman–Crippen LogP) is 5.41. The number of ether oxygens (including phenoxy) is 1. The number of nitrogens with zero attached hydrogens (tertiary/aromatic N) is 2. The van der Waals surface area contributed by atoms with Gasteiger partial charge in [0.25, 0.3) is 0 Å². The Hall–Kier alpha value is -3.38. The lowest BCUT2D eigenvalue weighted by atomic mass is 10.0. The van der Waals surface area contributed by atoms with Crippen LogP contribution in [0.1, 0.15) is 40.9 Å². The maximum Gasteiger partial charge on any atom is 0.356 e. The molecule has 1 aliphatic carbocycles. The summed E-state index contributed by atoms with van der Waals surface area (Å²) in [6, 6.07) is 15.6. The number of carboxylic acids is 1. The van der Waals surface area contributed by atoms with Gasteiger partial charge in [-0.25, -0.2) is 9.78 Å². The third kappa shape index (κ3) is 4.60. The van der Waals surface area contributed by atoms with Crippen LogP contribution in [0.25, 0.3) is 5.57 Å². The van der Waals surface area contributed by atoms with Crippen LogP contribution >= 0.6 is 11.6 Å². The molecule has 0 aliphatic heterocycles. The summed E-state index contributed by atoms with van der Waals surface area (Å²) in [6.45, 7) is 0.456. The summed E-state index contributed by atoms with van der Waals surface area (Å²) >= 11 is 6.29. The average molecular weight is 422 g/mol. The Morgan fingerprint density at radius 1 is 1.13 bits per heavy atom. The molecule has 1 aliphatic rings. The van der Waals surface area contributed by atoms with Crippen molar-refractivity contribution < 1.29 is 14.6 Å². The third-order valence-electron chi connectivity index (χ3n) is 4.85. The van der Waals surface area contributed by atoms with Gasteiger partial charge in [0, 0.05) is 16.3 Å². The Bertz CT molecular complexity index is 1100. The monoisotopic (exact) mass is 421 g/mol. The summed E-state index contributed by atoms with van der Waals surface area (Å²) in [6.07, 6.45) is 5.38. The maximum atomic E-state index is 11.2. The number of halogens is 1. The minimum Gasteiger partial charge on any atom is -0.488 e. The molecular formula is C23H20ClN3O3. The molecule has 0 amide bonds. The Kier molecular flexibility index (Phi) is 5.95. The highest BCUT2D eigenvalue weighted by Gasteiger charge is 2.21. The second kappa shape index (κ2) is 8.97. The van der Waals surface area contributed by atoms with Gasteiger partial charge in [-0.1, -0.05) is 41.9 Å². The Balaban J connectivity index is 1.63. The van der Waals surface area contributed by atoms with Crippen molar-refractivity contribution in [1.29, 1.82) is 0 Å². The summed E-state index contributed by atoms with van der Waals surface area (Å²) < 4.78 is 6.11. The number of carboxylic acid groups (broad SMARTS) is 1. The number of aromatic carboxylic acids is 1. The second-order valence-corrected chi connectivity index (χ2v) is 7.38. The van der Waals surface area contributed by atoms with E-state index in [0.29, 0.717) is 17.4 Å². The standard InChI is InChI=1S/C23H20ClN3O3/c24-16-9-10-21(30-14-15-5-2-1-3-6-15)18(11-16)17-7-4-8-19(17)26-22-13-25-12-20(27-22)23(28)29/h1-3,5-6,9-13H,4,7-8,14H2,(H,26,27)(H,28,29). The van der Waals surface area contributed by atoms with Crippen molar-refractivity contribution in [2.45, 2.75) is 25.9 Å². The van der Waals surface area contributed by atoms with Gasteiger partial charge in [0.1, 0.15) is 18.2 Å². The quantitative estimate of drug-likeness (QED) is 0.530. The minimum absolute atomic E-state index is 0.102. The average Bonchev–Trinajstić information content (AvgIpc) is 3.21. The van der Waals surface area contributed by atoms with Crippen LogP contribution in [-0.2, 0) is 6.61 Å². The SMILES string of the molecule is O=C(O)c1cncc(NC2=C(c3cc(Cl)ccc3OCc3ccccc3)CCC2)n1. The topological polar surface area (TPSA) is 84.3 Å². The molecule has 0 unspecified atom stereocenters. The fourth-order valence-corrected chi connectivity index (χ4v) is 3.63. The van der Waals surface area contributed by atoms with E-state index in [-0.39, 0.29) is 5.69 Å². The van der Waals surface area contributed by atoms with Crippen LogP contribution in [0.5, 0.6) is 5.75 Å². The van der Waals surface area contributed by atoms with Crippen LogP contribution in [0.2, 0.25) is 5.02 Å². The first kappa shape index (κ1) is 19.9. The number of anilines is 1. The van der Waals surface area contributed by atoms with Gasteiger partial charge in [-0.05, 0) is 48.6 Å². The molecular weight excluding hydrogens is 402 g/mol. The molecule has 0 spiro atoms. The van der Waals surface area contributed by atoms with Crippen molar-refractivity contribution in [3.63, 3.8) is 0 Å². The van der Waals surface area contributed by atoms with Crippen molar-refractivity contribution in [2.75, 3.05) is 5.32 Å². The van der Waals surface area contributed by atoms with E-state index in [1.807, 2.05) is 48.5 Å². The fraction of sp³-hybridized carbons (Fsp3) is 0.174. The third-order valence-corrected chi connectivity index (χ3v) is 5.09. The highest BCUT2D eigenvalue weighted by Crippen LogP contribution is 2.39. The molecule has 0 fully saturated rings. The van der Waals surface area contributed by atoms with Crippen molar-refractivity contribution in [3.8, 4) is 5.75 Å². The molecule has 1 aromatic heterocycles. The van der Waals surface area contributed by atoms with Gasteiger partial charge in [-0.15, -0.1) is 0 Å². The van der Waals surface area contributed by atoms with Gasteiger partial charge in [0.05, 0.1) is 12.4 Å². The van der Waals surface area contributed by atoms with Crippen LogP contribution in [-0.4, -0.2) is 21.0 Å². The number of benzene rings is 2. The summed E-state index contributed by atoms with van der Waals surface area (Å²) in [5.41, 5.74) is 3.97. The number of hydrogen-bond acceptors (Lipinski definition) is 5. The highest BCUT2D eigenvalue weighted by atomic mass is 35.5. The van der Waals surface area contributed by atoms with Crippen LogP contribution < -0.4 is 10.1 Å². The molecule has 0 atom stereocenters. The largest absolute Gasteiger partial charge is 0.488 e. The number of nitrogens with one attached hydrogen (secondary N) is 1. The molecule has 2 N–H and O–H groups in total. The van der Waals surface area contributed by atoms with Gasteiger partial charge in [-0.3, -0.25) is 4.98 Å². The molecule has 152 valence electrons. The van der Waals surface area contributed by atoms with Gasteiger partial charge < -0.3 is 15.2 Å². The second-order valence-electron chi connectivity index (χ2n) is 6.95. The van der Waals surface area contributed by atoms with E-state index in [4.69, 9.17) is 21.4 Å². The maximum absolute atomic E-state index is 11.2. The molecule has 0 saturated carbocycles. The molecule has 1 heterocycles. The zero-order valence-corrected chi connectivity index (χ0v) is 16.9. The van der Waals surface area contributed by atoms with E-state index in [9.17, 15) is 4.79 Å². The van der Waals surface area contributed by atoms with Crippen LogP contribution in [0.3, 0.4) is 0 Å². The van der Waals surface area contributed by atoms with Crippen LogP contribution in [0.4, 0.5) is 5.82 Å². The van der Waals surface area contributed by atoms with E-state index in [1.165, 1.54) is 12.4 Å². The summed E-state index contributed by atoms with van der Waals surface area (Å²) in [4.78, 5) is 19.3. The summed E-state index contributed by atoms with van der Waals surface area (Å²) in [5, 5.41) is 13.0. The number of allylic oxidation sites excluding steroid dienone is 2. The predicted molar refractivity (Wildman–Crippen MR) is 116 cm³/mol. The van der Waals surface area contributed by atoms with Crippen LogP contribution in [0.15, 0.2) is 66.6 Å². The molecule has 6 nitrogen and oxygen atoms in total. The van der Waals surface area contributed by atoms with Crippen molar-refractivity contribution in [3.05, 3.63) is 88.5 Å². The molecule has 4 rings (SSSR count). The lowest BCUT2D eigenvalue weighted by molar-refractivity contribution is 0.0690. The normalized spacial score (nSPS) is 13.4. The highest BCUT2D eigenvalue weighted by molar-refractivity contribution is 6.30. The fourth-order valence-electron chi connectivity index (χ4n) is 3.46. The zero-order valence-electron chi connectivity index (χ0n) is 16.1. The molecule has 7 heteroatoms. The number of rotatable bonds is 7. The Morgan fingerprint density at radius 3 is 2.77 bits per heavy atom. The molecule has 3 aromatic rings. The minimum atomic E-state index is -1.11. The first-order valence-electron chi connectivity index (χ1n) is 9.61. The van der Waals surface area contributed by atoms with Crippen molar-refractivity contribution >= 4 is 29.0 Å². The molecule has 0 bridgehead atoms. The van der Waals surface area contributed by atoms with E-state index < -0.39 is 5.97 Å². The lowest BCUT2D eigenvalue weighted by Gasteiger charge is -2.15. The van der Waals surface area contributed by atoms with Gasteiger partial charge >= 0.3 is 5.97 Å². The van der Waals surface area contributed by atoms with E-state index in [2.05, 4.69) is 15.3 Å². The summed E-state index contributed by atoms with van der Waals surface area (Å²) in [7, 11) is 0. The first-order chi connectivity index (χ1) is 14.6. The molecule has 2 aromatic carbocycles. The van der Waals surface area contributed by atoms with Crippen molar-refractivity contribution in [2.24, 2.45) is 0 Å². The first-order valence-corrected chi connectivity index (χ1v) is 9.99. The summed E-state index contributed by atoms with van der Waals surface area (Å²) in [5.74, 6) is 0.0427. The smallest absolute Gasteiger partial charge is 0.356 e. The number of hydrogen-bond donors (Lipinski definition) is 2. The molecule has 0 radical (unpaired) electrons. The number of carbonyl (C=O) groups is 1. The van der Waals surface area contributed by atoms with Gasteiger partial charge in [0.2, 0.25) is 0 Å². The van der Waals surface area contributed by atoms with Gasteiger partial charge in [-0.2, -0.15) is 0 Å². The zero-order chi connectivity index (χ0) is 20.9. The van der Waals surface area contributed by atoms with E-state index in [0.717, 1.165) is 47.4 Å². The van der Waals surface area contributed by atoms with E-state index in [1.54, 1.807) is 0 Å².